The number of halogens is 10. The van der Waals surface area contributed by atoms with Crippen molar-refractivity contribution >= 4 is 121 Å². The van der Waals surface area contributed by atoms with Crippen molar-refractivity contribution in [3.8, 4) is 0 Å². The maximum Gasteiger partial charge on any atom is 0.416 e. The van der Waals surface area contributed by atoms with Crippen molar-refractivity contribution in [2.45, 2.75) is 63.3 Å². The van der Waals surface area contributed by atoms with Gasteiger partial charge in [-0.25, -0.2) is 13.8 Å². The van der Waals surface area contributed by atoms with Gasteiger partial charge in [0.15, 0.2) is 34.7 Å². The maximum absolute atomic E-state index is 12.6. The molecule has 0 atom stereocenters. The Morgan fingerprint density at radius 2 is 0.500 bits per heavy atom. The zero-order valence-corrected chi connectivity index (χ0v) is 50.8. The van der Waals surface area contributed by atoms with E-state index < -0.39 is 77.1 Å². The average Bonchev–Trinajstić information content (AvgIpc) is 0.864. The number of carboxylic acid groups (broad SMARTS) is 2. The number of benzene rings is 8. The highest BCUT2D eigenvalue weighted by molar-refractivity contribution is 8.26. The van der Waals surface area contributed by atoms with E-state index in [1.807, 2.05) is 0 Å². The van der Waals surface area contributed by atoms with Crippen molar-refractivity contribution in [2.24, 2.45) is 0 Å². The molecule has 4 N–H and O–H groups in total. The quantitative estimate of drug-likeness (QED) is 0.0340. The Balaban J connectivity index is -0.00000113. The molecule has 0 fully saturated rings. The van der Waals surface area contributed by atoms with Crippen LogP contribution in [0.5, 0.6) is 0 Å². The summed E-state index contributed by atoms with van der Waals surface area (Å²) in [6.07, 6.45) is -9.27. The number of carboxylic acids is 2. The lowest BCUT2D eigenvalue weighted by Crippen LogP contribution is -2.10. The largest absolute Gasteiger partial charge is 0.478 e. The number of alkyl halides is 6. The number of carbonyl (C=O) groups is 10. The van der Waals surface area contributed by atoms with Crippen LogP contribution in [-0.2, 0) is 32.0 Å². The molecule has 8 rings (SSSR count). The van der Waals surface area contributed by atoms with Crippen LogP contribution < -0.4 is 0 Å². The van der Waals surface area contributed by atoms with Gasteiger partial charge in [0.1, 0.15) is 0 Å². The number of carbonyl (C=O) groups excluding carboxylic acids is 8. The lowest BCUT2D eigenvalue weighted by molar-refractivity contribution is -0.138. The van der Waals surface area contributed by atoms with Gasteiger partial charge in [0.05, 0.1) is 22.3 Å². The van der Waals surface area contributed by atoms with E-state index in [9.17, 15) is 74.3 Å². The average molecular weight is 1460 g/mol. The number of hydrogen-bond acceptors (Lipinski definition) is 13. The molecule has 0 heterocycles. The normalized spacial score (nSPS) is 10.1. The number of Topliss-reactive ketones (excluding diaryl/α,β-unsaturated/α-hetero) is 2. The van der Waals surface area contributed by atoms with E-state index in [2.05, 4.69) is 21.4 Å². The molecule has 8 aromatic carbocycles. The van der Waals surface area contributed by atoms with Crippen LogP contribution in [-0.4, -0.2) is 89.1 Å². The fourth-order valence-corrected chi connectivity index (χ4v) is 7.49. The monoisotopic (exact) mass is 1460 g/mol. The Bertz CT molecular complexity index is 3670. The minimum absolute atomic E-state index is 0. The molecule has 0 aliphatic rings. The van der Waals surface area contributed by atoms with Gasteiger partial charge in [0.2, 0.25) is 9.23 Å². The zero-order valence-electron chi connectivity index (χ0n) is 46.2. The van der Waals surface area contributed by atoms with Gasteiger partial charge in [0.25, 0.3) is 10.5 Å². The van der Waals surface area contributed by atoms with Gasteiger partial charge < -0.3 is 10.2 Å². The molecule has 0 saturated heterocycles. The Kier molecular flexibility index (Phi) is 39.4. The summed E-state index contributed by atoms with van der Waals surface area (Å²) in [5.41, 5.74) is 0.679. The van der Waals surface area contributed by atoms with E-state index in [0.717, 1.165) is 36.4 Å². The number of ketones is 6. The minimum Gasteiger partial charge on any atom is -0.478 e. The van der Waals surface area contributed by atoms with Gasteiger partial charge in [-0.05, 0) is 110 Å². The van der Waals surface area contributed by atoms with Gasteiger partial charge >= 0.3 is 34.7 Å². The molecule has 0 unspecified atom stereocenters. The van der Waals surface area contributed by atoms with Crippen LogP contribution in [0.4, 0.5) is 26.3 Å². The second kappa shape index (κ2) is 41.6. The highest BCUT2D eigenvalue weighted by Crippen LogP contribution is 2.32. The molecule has 0 radical (unpaired) electrons. The standard InChI is InChI=1S/C17H14O3.C15H8Cl2O3.C15H8F6O.C15H10O5.5CH4.Cl2OS.H2O4S/c1-11(18)13-5-3-7-15(9-13)17(20)16-8-4-6-14(10-16)12(2)19;16-14(19)11-5-1-3-9(7-11)13(18)10-4-2-6-12(8-10)15(17)20;16-14(17,18)11-5-1-3-9(7-11)13(22)10-4-2-6-12(8-10)15(19,20)21;16-13(9-3-1-5-11(7-9)14(17)18)10-4-2-6-12(8-10)15(19)20;;;;;;1-4(2)3;1-5(2,3)4/h3-10H,1-2H3;1-8H;1-8H;1-8H,(H,17,18)(H,19,20);5*1H4;;(H2,1,2,3,4). The predicted octanol–water partition coefficient (Wildman–Crippen LogP) is 17.8. The number of rotatable bonds is 14. The molecule has 0 amide bonds. The van der Waals surface area contributed by atoms with Crippen molar-refractivity contribution in [3.63, 3.8) is 0 Å². The first-order valence-corrected chi connectivity index (χ1v) is 29.7. The number of aromatic carboxylic acids is 2. The second-order valence-electron chi connectivity index (χ2n) is 17.9. The Labute approximate surface area is 570 Å². The molecule has 0 bridgehead atoms. The molecule has 17 nitrogen and oxygen atoms in total. The molecule has 8 aromatic rings. The highest BCUT2D eigenvalue weighted by atomic mass is 36.0. The lowest BCUT2D eigenvalue weighted by Gasteiger charge is -2.10. The maximum atomic E-state index is 12.6. The van der Waals surface area contributed by atoms with Crippen molar-refractivity contribution < 1.29 is 106 Å². The first-order chi connectivity index (χ1) is 42.3. The van der Waals surface area contributed by atoms with Gasteiger partial charge in [0, 0.05) is 88.1 Å². The van der Waals surface area contributed by atoms with Crippen LogP contribution in [0.3, 0.4) is 0 Å². The topological polar surface area (TPSA) is 303 Å². The molecular weight excluding hydrogens is 1400 g/mol. The SMILES string of the molecule is C.C.C.C.C.CC(=O)c1cccc(C(=O)c2cccc(C(C)=O)c2)c1.O=C(Cl)c1cccc(C(=O)c2cccc(C(=O)Cl)c2)c1.O=C(O)c1cccc(C(=O)c2cccc(C(=O)O)c2)c1.O=C(c1cccc(C(F)(F)F)c1)c1cccc(C(F)(F)F)c1.O=S(=O)(O)O.O=S(Cl)Cl. The summed E-state index contributed by atoms with van der Waals surface area (Å²) in [5.74, 6) is -4.26. The molecule has 0 saturated carbocycles. The van der Waals surface area contributed by atoms with E-state index in [1.54, 1.807) is 72.8 Å². The molecule has 0 aliphatic heterocycles. The molecule has 29 heteroatoms. The highest BCUT2D eigenvalue weighted by Gasteiger charge is 2.33. The van der Waals surface area contributed by atoms with Crippen LogP contribution in [0.1, 0.15) is 188 Å². The van der Waals surface area contributed by atoms with Crippen LogP contribution in [0, 0.1) is 0 Å². The molecule has 0 aromatic heterocycles. The predicted molar refractivity (Wildman–Crippen MR) is 357 cm³/mol. The van der Waals surface area contributed by atoms with E-state index in [4.69, 9.17) is 55.1 Å². The third-order valence-corrected chi connectivity index (χ3v) is 11.9. The Morgan fingerprint density at radius 1 is 0.344 bits per heavy atom. The fraction of sp³-hybridized carbons (Fsp3) is 0.134. The zero-order chi connectivity index (χ0) is 68.7. The summed E-state index contributed by atoms with van der Waals surface area (Å²) in [7, 11) is 2.69. The fourth-order valence-electron chi connectivity index (χ4n) is 7.25. The molecule has 514 valence electrons. The summed E-state index contributed by atoms with van der Waals surface area (Å²) in [6, 6.07) is 43.6. The molecule has 0 spiro atoms. The van der Waals surface area contributed by atoms with E-state index in [1.165, 1.54) is 86.6 Å². The second-order valence-corrected chi connectivity index (χ2v) is 22.0. The first-order valence-electron chi connectivity index (χ1n) is 24.7. The van der Waals surface area contributed by atoms with Crippen LogP contribution >= 0.6 is 44.6 Å². The summed E-state index contributed by atoms with van der Waals surface area (Å²) in [6.45, 7) is 2.92. The lowest BCUT2D eigenvalue weighted by atomic mass is 9.98. The first kappa shape index (κ1) is 91.0. The Morgan fingerprint density at radius 3 is 0.688 bits per heavy atom. The summed E-state index contributed by atoms with van der Waals surface area (Å²) < 4.78 is 116. The van der Waals surface area contributed by atoms with Crippen LogP contribution in [0.2, 0.25) is 0 Å². The van der Waals surface area contributed by atoms with Gasteiger partial charge in [-0.3, -0.25) is 47.5 Å². The minimum atomic E-state index is -4.67. The van der Waals surface area contributed by atoms with E-state index in [-0.39, 0.29) is 105 Å². The third-order valence-electron chi connectivity index (χ3n) is 11.4. The summed E-state index contributed by atoms with van der Waals surface area (Å²) in [5, 5.41) is 16.5. The van der Waals surface area contributed by atoms with Crippen LogP contribution in [0.15, 0.2) is 194 Å². The van der Waals surface area contributed by atoms with Crippen molar-refractivity contribution in [3.05, 3.63) is 283 Å². The van der Waals surface area contributed by atoms with Crippen molar-refractivity contribution in [1.82, 2.24) is 0 Å². The third kappa shape index (κ3) is 30.9. The molecule has 96 heavy (non-hydrogen) atoms. The van der Waals surface area contributed by atoms with Crippen LogP contribution in [0.25, 0.3) is 0 Å². The smallest absolute Gasteiger partial charge is 0.416 e. The number of hydrogen-bond donors (Lipinski definition) is 4. The summed E-state index contributed by atoms with van der Waals surface area (Å²) >= 11 is 10.8. The van der Waals surface area contributed by atoms with Gasteiger partial charge in [-0.2, -0.15) is 34.8 Å². The van der Waals surface area contributed by atoms with E-state index in [0.29, 0.717) is 45.5 Å². The van der Waals surface area contributed by atoms with Gasteiger partial charge in [-0.15, -0.1) is 0 Å². The van der Waals surface area contributed by atoms with Gasteiger partial charge in [-0.1, -0.05) is 158 Å². The van der Waals surface area contributed by atoms with E-state index >= 15 is 0 Å². The van der Waals surface area contributed by atoms with Crippen molar-refractivity contribution in [1.29, 1.82) is 0 Å². The summed E-state index contributed by atoms with van der Waals surface area (Å²) in [4.78, 5) is 116. The molecule has 0 aliphatic carbocycles. The Hall–Kier alpha value is -9.18. The van der Waals surface area contributed by atoms with Crippen molar-refractivity contribution in [2.75, 3.05) is 0 Å². The molecular formula is C67H62Cl4F6O17S2.